The molecule has 0 saturated heterocycles. The van der Waals surface area contributed by atoms with Gasteiger partial charge in [0.1, 0.15) is 0 Å². The van der Waals surface area contributed by atoms with Gasteiger partial charge in [-0.05, 0) is 24.3 Å². The van der Waals surface area contributed by atoms with E-state index in [1.807, 2.05) is 0 Å². The van der Waals surface area contributed by atoms with E-state index in [4.69, 9.17) is 11.6 Å². The summed E-state index contributed by atoms with van der Waals surface area (Å²) in [5.41, 5.74) is 1.08. The zero-order chi connectivity index (χ0) is 9.97. The Labute approximate surface area is 86.5 Å². The molecule has 2 rings (SSSR count). The van der Waals surface area contributed by atoms with Crippen LogP contribution in [0.3, 0.4) is 0 Å². The second-order valence-electron chi connectivity index (χ2n) is 2.89. The molecule has 1 aromatic heterocycles. The van der Waals surface area contributed by atoms with Crippen molar-refractivity contribution in [3.05, 3.63) is 58.9 Å². The molecule has 2 aromatic rings. The lowest BCUT2D eigenvalue weighted by molar-refractivity contribution is 0.103. The lowest BCUT2D eigenvalue weighted by atomic mass is 10.1. The summed E-state index contributed by atoms with van der Waals surface area (Å²) in [5, 5.41) is 0.479. The Hall–Kier alpha value is -1.54. The maximum absolute atomic E-state index is 11.8. The van der Waals surface area contributed by atoms with Crippen LogP contribution in [0.25, 0.3) is 0 Å². The van der Waals surface area contributed by atoms with Gasteiger partial charge in [-0.1, -0.05) is 23.7 Å². The number of hydrogen-bond acceptors (Lipinski definition) is 1. The highest BCUT2D eigenvalue weighted by atomic mass is 35.5. The normalized spacial score (nSPS) is 10.1. The van der Waals surface area contributed by atoms with Gasteiger partial charge in [-0.25, -0.2) is 0 Å². The Morgan fingerprint density at radius 1 is 1.14 bits per heavy atom. The average molecular weight is 206 g/mol. The number of rotatable bonds is 2. The summed E-state index contributed by atoms with van der Waals surface area (Å²) in [4.78, 5) is 14.7. The first-order valence-electron chi connectivity index (χ1n) is 4.21. The van der Waals surface area contributed by atoms with Crippen molar-refractivity contribution in [3.63, 3.8) is 0 Å². The van der Waals surface area contributed by atoms with Crippen molar-refractivity contribution in [1.29, 1.82) is 0 Å². The molecule has 70 valence electrons. The Morgan fingerprint density at radius 2 is 1.93 bits per heavy atom. The standard InChI is InChI=1S/C11H8ClNO/c12-9-5-2-1-4-8(9)11(14)10-6-3-7-13-10/h1-7,13H. The van der Waals surface area contributed by atoms with Gasteiger partial charge in [0.15, 0.2) is 0 Å². The number of aromatic amines is 1. The number of H-pyrrole nitrogens is 1. The van der Waals surface area contributed by atoms with E-state index < -0.39 is 0 Å². The van der Waals surface area contributed by atoms with Crippen LogP contribution in [0.5, 0.6) is 0 Å². The van der Waals surface area contributed by atoms with Crippen molar-refractivity contribution in [2.75, 3.05) is 0 Å². The van der Waals surface area contributed by atoms with Gasteiger partial charge in [0.05, 0.1) is 10.7 Å². The lowest BCUT2D eigenvalue weighted by Gasteiger charge is -2.00. The minimum atomic E-state index is -0.0828. The Kier molecular flexibility index (Phi) is 2.37. The Bertz CT molecular complexity index is 448. The zero-order valence-corrected chi connectivity index (χ0v) is 8.08. The van der Waals surface area contributed by atoms with Gasteiger partial charge in [0.2, 0.25) is 5.78 Å². The smallest absolute Gasteiger partial charge is 0.210 e. The fraction of sp³-hybridized carbons (Fsp3) is 0. The van der Waals surface area contributed by atoms with Crippen molar-refractivity contribution >= 4 is 17.4 Å². The number of hydrogen-bond donors (Lipinski definition) is 1. The topological polar surface area (TPSA) is 32.9 Å². The molecule has 0 saturated carbocycles. The van der Waals surface area contributed by atoms with Crippen LogP contribution in [0.4, 0.5) is 0 Å². The second-order valence-corrected chi connectivity index (χ2v) is 3.30. The van der Waals surface area contributed by atoms with E-state index in [1.165, 1.54) is 0 Å². The van der Waals surface area contributed by atoms with Gasteiger partial charge < -0.3 is 4.98 Å². The Balaban J connectivity index is 2.42. The highest BCUT2D eigenvalue weighted by Gasteiger charge is 2.11. The van der Waals surface area contributed by atoms with Crippen LogP contribution in [0.2, 0.25) is 5.02 Å². The van der Waals surface area contributed by atoms with Crippen LogP contribution in [-0.4, -0.2) is 10.8 Å². The van der Waals surface area contributed by atoms with Crippen molar-refractivity contribution in [2.45, 2.75) is 0 Å². The first-order valence-corrected chi connectivity index (χ1v) is 4.59. The molecule has 14 heavy (non-hydrogen) atoms. The van der Waals surface area contributed by atoms with Crippen LogP contribution in [0.15, 0.2) is 42.6 Å². The summed E-state index contributed by atoms with van der Waals surface area (Å²) < 4.78 is 0. The molecule has 0 aliphatic carbocycles. The van der Waals surface area contributed by atoms with Gasteiger partial charge in [0.25, 0.3) is 0 Å². The fourth-order valence-electron chi connectivity index (χ4n) is 1.26. The Morgan fingerprint density at radius 3 is 2.57 bits per heavy atom. The van der Waals surface area contributed by atoms with E-state index in [1.54, 1.807) is 42.6 Å². The molecule has 1 aromatic carbocycles. The van der Waals surface area contributed by atoms with Crippen molar-refractivity contribution in [2.24, 2.45) is 0 Å². The summed E-state index contributed by atoms with van der Waals surface area (Å²) in [5.74, 6) is -0.0828. The van der Waals surface area contributed by atoms with Crippen LogP contribution < -0.4 is 0 Å². The molecule has 0 unspecified atom stereocenters. The van der Waals surface area contributed by atoms with Crippen molar-refractivity contribution in [1.82, 2.24) is 4.98 Å². The number of benzene rings is 1. The van der Waals surface area contributed by atoms with Gasteiger partial charge in [-0.3, -0.25) is 4.79 Å². The molecule has 1 heterocycles. The number of halogens is 1. The number of carbonyl (C=O) groups excluding carboxylic acids is 1. The summed E-state index contributed by atoms with van der Waals surface area (Å²) >= 11 is 5.90. The highest BCUT2D eigenvalue weighted by Crippen LogP contribution is 2.17. The van der Waals surface area contributed by atoms with Gasteiger partial charge in [-0.2, -0.15) is 0 Å². The molecular weight excluding hydrogens is 198 g/mol. The van der Waals surface area contributed by atoms with E-state index in [0.29, 0.717) is 16.3 Å². The number of ketones is 1. The zero-order valence-electron chi connectivity index (χ0n) is 7.33. The van der Waals surface area contributed by atoms with Crippen molar-refractivity contribution in [3.8, 4) is 0 Å². The molecule has 0 amide bonds. The van der Waals surface area contributed by atoms with E-state index in [9.17, 15) is 4.79 Å². The minimum Gasteiger partial charge on any atom is -0.359 e. The number of aromatic nitrogens is 1. The predicted octanol–water partition coefficient (Wildman–Crippen LogP) is 2.90. The van der Waals surface area contributed by atoms with Crippen LogP contribution in [0.1, 0.15) is 16.1 Å². The summed E-state index contributed by atoms with van der Waals surface area (Å²) in [6.07, 6.45) is 1.71. The predicted molar refractivity (Wildman–Crippen MR) is 55.7 cm³/mol. The van der Waals surface area contributed by atoms with E-state index >= 15 is 0 Å². The second kappa shape index (κ2) is 3.68. The quantitative estimate of drug-likeness (QED) is 0.752. The third-order valence-electron chi connectivity index (χ3n) is 1.96. The number of nitrogens with one attached hydrogen (secondary N) is 1. The molecular formula is C11H8ClNO. The largest absolute Gasteiger partial charge is 0.359 e. The summed E-state index contributed by atoms with van der Waals surface area (Å²) in [6.45, 7) is 0. The van der Waals surface area contributed by atoms with Crippen LogP contribution >= 0.6 is 11.6 Å². The van der Waals surface area contributed by atoms with Crippen LogP contribution in [-0.2, 0) is 0 Å². The summed E-state index contributed by atoms with van der Waals surface area (Å²) in [7, 11) is 0. The fourth-order valence-corrected chi connectivity index (χ4v) is 1.48. The molecule has 0 spiro atoms. The van der Waals surface area contributed by atoms with Crippen molar-refractivity contribution < 1.29 is 4.79 Å². The van der Waals surface area contributed by atoms with E-state index in [0.717, 1.165) is 0 Å². The molecule has 1 N–H and O–H groups in total. The highest BCUT2D eigenvalue weighted by molar-refractivity contribution is 6.34. The first kappa shape index (κ1) is 9.03. The lowest BCUT2D eigenvalue weighted by Crippen LogP contribution is -2.01. The third-order valence-corrected chi connectivity index (χ3v) is 2.29. The van der Waals surface area contributed by atoms with Crippen LogP contribution in [0, 0.1) is 0 Å². The van der Waals surface area contributed by atoms with Gasteiger partial charge in [-0.15, -0.1) is 0 Å². The monoisotopic (exact) mass is 205 g/mol. The molecule has 0 aliphatic heterocycles. The molecule has 0 bridgehead atoms. The molecule has 2 nitrogen and oxygen atoms in total. The molecule has 0 radical (unpaired) electrons. The van der Waals surface area contributed by atoms with E-state index in [2.05, 4.69) is 4.98 Å². The molecule has 0 fully saturated rings. The third kappa shape index (κ3) is 1.56. The molecule has 0 aliphatic rings. The summed E-state index contributed by atoms with van der Waals surface area (Å²) in [6, 6.07) is 10.5. The minimum absolute atomic E-state index is 0.0828. The van der Waals surface area contributed by atoms with Gasteiger partial charge >= 0.3 is 0 Å². The van der Waals surface area contributed by atoms with Gasteiger partial charge in [0, 0.05) is 11.8 Å². The SMILES string of the molecule is O=C(c1ccc[nH]1)c1ccccc1Cl. The maximum atomic E-state index is 11.8. The molecule has 0 atom stereocenters. The average Bonchev–Trinajstić information content (AvgIpc) is 2.70. The first-order chi connectivity index (χ1) is 6.79. The maximum Gasteiger partial charge on any atom is 0.210 e. The molecule has 3 heteroatoms. The van der Waals surface area contributed by atoms with E-state index in [-0.39, 0.29) is 5.78 Å². The number of carbonyl (C=O) groups is 1.